The van der Waals surface area contributed by atoms with Crippen LogP contribution in [0.5, 0.6) is 0 Å². The van der Waals surface area contributed by atoms with Gasteiger partial charge in [-0.25, -0.2) is 0 Å². The molecule has 0 aliphatic rings. The molecule has 0 amide bonds. The Labute approximate surface area is 150 Å². The third-order valence-electron chi connectivity index (χ3n) is 3.91. The van der Waals surface area contributed by atoms with Gasteiger partial charge < -0.3 is 0 Å². The summed E-state index contributed by atoms with van der Waals surface area (Å²) < 4.78 is 1.53. The van der Waals surface area contributed by atoms with Gasteiger partial charge in [0.2, 0.25) is 0 Å². The molecule has 137 valence electrons. The predicted octanol–water partition coefficient (Wildman–Crippen LogP) is 8.76. The Morgan fingerprint density at radius 1 is 0.476 bits per heavy atom. The van der Waals surface area contributed by atoms with Crippen LogP contribution in [0, 0.1) is 0 Å². The van der Waals surface area contributed by atoms with Crippen molar-refractivity contribution in [3.63, 3.8) is 0 Å². The number of halogens is 1. The first kappa shape index (κ1) is 24.5. The van der Waals surface area contributed by atoms with E-state index >= 15 is 0 Å². The third-order valence-corrected chi connectivity index (χ3v) is 6.66. The molecule has 0 rings (SSSR count). The standard InChI is InChI=1S/C16H33.3CH3.Ag.BrH/c1-3-5-7-9-11-13-15-16-14-12-10-8-6-4-2;;;;;/h1,3-16H2,2H3;3*1H3;;1H. The fourth-order valence-corrected chi connectivity index (χ4v) is 4.53. The number of hydrogen-bond acceptors (Lipinski definition) is 0. The summed E-state index contributed by atoms with van der Waals surface area (Å²) in [6, 6.07) is 0. The second-order valence-electron chi connectivity index (χ2n) is 6.79. The van der Waals surface area contributed by atoms with Crippen molar-refractivity contribution in [1.29, 1.82) is 0 Å². The molecule has 0 aliphatic heterocycles. The number of hydrogen-bond donors (Lipinski definition) is 0. The van der Waals surface area contributed by atoms with Gasteiger partial charge in [0, 0.05) is 0 Å². The van der Waals surface area contributed by atoms with Crippen LogP contribution in [0.25, 0.3) is 0 Å². The number of rotatable bonds is 15. The Morgan fingerprint density at radius 2 is 0.762 bits per heavy atom. The van der Waals surface area contributed by atoms with Gasteiger partial charge in [0.1, 0.15) is 0 Å². The molecule has 0 nitrogen and oxygen atoms in total. The summed E-state index contributed by atoms with van der Waals surface area (Å²) >= 11 is -0.770. The van der Waals surface area contributed by atoms with Gasteiger partial charge in [-0.3, -0.25) is 0 Å². The van der Waals surface area contributed by atoms with Crippen LogP contribution in [-0.4, -0.2) is 0 Å². The molecule has 0 radical (unpaired) electrons. The summed E-state index contributed by atoms with van der Waals surface area (Å²) in [4.78, 5) is 0. The van der Waals surface area contributed by atoms with Gasteiger partial charge in [0.15, 0.2) is 0 Å². The van der Waals surface area contributed by atoms with Gasteiger partial charge in [-0.2, -0.15) is 0 Å². The molecule has 0 aromatic carbocycles. The van der Waals surface area contributed by atoms with Crippen molar-refractivity contribution in [3.8, 4) is 0 Å². The topological polar surface area (TPSA) is 0 Å². The van der Waals surface area contributed by atoms with Crippen LogP contribution in [0.4, 0.5) is 0 Å². The maximum atomic E-state index is 2.50. The van der Waals surface area contributed by atoms with Crippen LogP contribution in [-0.2, 0) is 17.1 Å². The summed E-state index contributed by atoms with van der Waals surface area (Å²) in [5, 5.41) is 7.49. The minimum atomic E-state index is -0.770. The molecule has 0 fully saturated rings. The van der Waals surface area contributed by atoms with E-state index in [4.69, 9.17) is 0 Å². The van der Waals surface area contributed by atoms with Gasteiger partial charge >= 0.3 is 108 Å². The summed E-state index contributed by atoms with van der Waals surface area (Å²) in [5.41, 5.74) is 0. The van der Waals surface area contributed by atoms with E-state index in [9.17, 15) is 0 Å². The SMILES string of the molecule is Br.CCCCCCCCCCCCCCC[CH2][Ag]([CH3])([CH3])[CH3]. The van der Waals surface area contributed by atoms with E-state index in [2.05, 4.69) is 22.3 Å². The van der Waals surface area contributed by atoms with E-state index in [-0.39, 0.29) is 17.0 Å². The quantitative estimate of drug-likeness (QED) is 0.170. The van der Waals surface area contributed by atoms with Crippen LogP contribution in [0.15, 0.2) is 0 Å². The third kappa shape index (κ3) is 23.6. The first-order chi connectivity index (χ1) is 9.56. The first-order valence-corrected chi connectivity index (χ1v) is 14.3. The van der Waals surface area contributed by atoms with Crippen LogP contribution >= 0.6 is 17.0 Å². The second-order valence-corrected chi connectivity index (χ2v) is 15.1. The van der Waals surface area contributed by atoms with E-state index in [0.717, 1.165) is 0 Å². The molecule has 0 saturated carbocycles. The Hall–Kier alpha value is 1.22. The van der Waals surface area contributed by atoms with Crippen molar-refractivity contribution in [2.24, 2.45) is 0 Å². The second kappa shape index (κ2) is 17.6. The Kier molecular flexibility index (Phi) is 20.5. The van der Waals surface area contributed by atoms with Gasteiger partial charge in [-0.15, -0.1) is 17.0 Å². The number of unbranched alkanes of at least 4 members (excludes halogenated alkanes) is 13. The zero-order valence-corrected chi connectivity index (χ0v) is 18.5. The van der Waals surface area contributed by atoms with Crippen LogP contribution in [0.1, 0.15) is 96.8 Å². The molecule has 0 aromatic heterocycles. The van der Waals surface area contributed by atoms with Crippen LogP contribution in [0.2, 0.25) is 20.1 Å². The molecule has 0 N–H and O–H groups in total. The first-order valence-electron chi connectivity index (χ1n) is 8.82. The Bertz CT molecular complexity index is 186. The molecule has 2 heteroatoms. The van der Waals surface area contributed by atoms with Gasteiger partial charge in [0.05, 0.1) is 0 Å². The van der Waals surface area contributed by atoms with Crippen molar-refractivity contribution in [2.45, 2.75) is 117 Å². The van der Waals surface area contributed by atoms with E-state index in [1.165, 1.54) is 94.5 Å². The summed E-state index contributed by atoms with van der Waals surface area (Å²) in [6.45, 7) is 2.30. The molecule has 0 saturated heterocycles. The molecule has 21 heavy (non-hydrogen) atoms. The van der Waals surface area contributed by atoms with E-state index in [1.807, 2.05) is 0 Å². The summed E-state index contributed by atoms with van der Waals surface area (Å²) in [7, 11) is 0. The maximum absolute atomic E-state index is 2.50. The van der Waals surface area contributed by atoms with E-state index in [0.29, 0.717) is 0 Å². The Morgan fingerprint density at radius 3 is 1.05 bits per heavy atom. The zero-order valence-electron chi connectivity index (χ0n) is 15.3. The van der Waals surface area contributed by atoms with Crippen molar-refractivity contribution < 1.29 is 17.1 Å². The normalized spacial score (nSPS) is 12.2. The van der Waals surface area contributed by atoms with E-state index in [1.54, 1.807) is 0 Å². The van der Waals surface area contributed by atoms with Crippen LogP contribution < -0.4 is 0 Å². The van der Waals surface area contributed by atoms with Gasteiger partial charge in [-0.05, 0) is 0 Å². The van der Waals surface area contributed by atoms with Gasteiger partial charge in [-0.1, -0.05) is 26.2 Å². The molecule has 0 aliphatic carbocycles. The minimum absolute atomic E-state index is 0. The average molecular weight is 459 g/mol. The molecule has 0 aromatic rings. The summed E-state index contributed by atoms with van der Waals surface area (Å²) in [6.07, 6.45) is 20.6. The van der Waals surface area contributed by atoms with Crippen molar-refractivity contribution >= 4 is 17.0 Å². The van der Waals surface area contributed by atoms with E-state index < -0.39 is 17.1 Å². The van der Waals surface area contributed by atoms with Crippen molar-refractivity contribution in [3.05, 3.63) is 0 Å². The fraction of sp³-hybridized carbons (Fsp3) is 1.00. The summed E-state index contributed by atoms with van der Waals surface area (Å²) in [5.74, 6) is 0. The fourth-order valence-electron chi connectivity index (χ4n) is 2.59. The molecule has 0 atom stereocenters. The molecule has 0 spiro atoms. The molecule has 0 bridgehead atoms. The molecule has 0 unspecified atom stereocenters. The Balaban J connectivity index is 0. The zero-order chi connectivity index (χ0) is 15.1. The van der Waals surface area contributed by atoms with Crippen molar-refractivity contribution in [1.82, 2.24) is 0 Å². The molecular weight excluding hydrogens is 416 g/mol. The van der Waals surface area contributed by atoms with Gasteiger partial charge in [0.25, 0.3) is 0 Å². The predicted molar refractivity (Wildman–Crippen MR) is 103 cm³/mol. The average Bonchev–Trinajstić information content (AvgIpc) is 2.38. The van der Waals surface area contributed by atoms with Crippen LogP contribution in [0.3, 0.4) is 0 Å². The van der Waals surface area contributed by atoms with Crippen molar-refractivity contribution in [2.75, 3.05) is 0 Å². The monoisotopic (exact) mass is 457 g/mol. The molecule has 0 heterocycles. The molecular formula is C19H43AgBr.